The van der Waals surface area contributed by atoms with Crippen molar-refractivity contribution in [3.05, 3.63) is 65.7 Å². The van der Waals surface area contributed by atoms with Gasteiger partial charge in [-0.25, -0.2) is 4.79 Å². The molecule has 2 rings (SSSR count). The largest absolute Gasteiger partial charge is 0.508 e. The van der Waals surface area contributed by atoms with Crippen molar-refractivity contribution >= 4 is 23.9 Å². The molecule has 3 atom stereocenters. The Bertz CT molecular complexity index is 1080. The minimum atomic E-state index is -1.18. The maximum atomic E-state index is 13.2. The number of nitrogens with one attached hydrogen (secondary N) is 4. The van der Waals surface area contributed by atoms with Gasteiger partial charge in [-0.2, -0.15) is 0 Å². The topological polar surface area (TPSA) is 166 Å². The molecule has 3 amide bonds. The molecule has 0 aliphatic heterocycles. The Morgan fingerprint density at radius 1 is 0.872 bits per heavy atom. The number of hydrogen-bond acceptors (Lipinski definition) is 7. The Kier molecular flexibility index (Phi) is 12.7. The van der Waals surface area contributed by atoms with Gasteiger partial charge in [-0.15, -0.1) is 0 Å². The molecule has 0 fully saturated rings. The molecule has 0 aromatic heterocycles. The number of aliphatic carboxylic acids is 1. The fourth-order valence-electron chi connectivity index (χ4n) is 3.86. The van der Waals surface area contributed by atoms with Crippen molar-refractivity contribution < 1.29 is 34.1 Å². The van der Waals surface area contributed by atoms with Gasteiger partial charge in [-0.05, 0) is 42.0 Å². The number of likely N-dealkylation sites (N-methyl/N-ethyl adjacent to an activating group) is 1. The zero-order valence-corrected chi connectivity index (χ0v) is 22.5. The predicted molar refractivity (Wildman–Crippen MR) is 145 cm³/mol. The smallest absolute Gasteiger partial charge is 0.407 e. The lowest BCUT2D eigenvalue weighted by molar-refractivity contribution is -0.140. The Morgan fingerprint density at radius 3 is 2.13 bits per heavy atom. The molecule has 212 valence electrons. The van der Waals surface area contributed by atoms with Gasteiger partial charge in [0.2, 0.25) is 11.8 Å². The van der Waals surface area contributed by atoms with Crippen LogP contribution in [0.2, 0.25) is 0 Å². The van der Waals surface area contributed by atoms with Crippen molar-refractivity contribution in [1.82, 2.24) is 21.3 Å². The molecule has 0 bridgehead atoms. The Hall–Kier alpha value is -4.12. The lowest BCUT2D eigenvalue weighted by atomic mass is 10.00. The molecule has 0 aliphatic rings. The number of hydrogen-bond donors (Lipinski definition) is 6. The fraction of sp³-hybridized carbons (Fsp3) is 0.429. The van der Waals surface area contributed by atoms with Crippen molar-refractivity contribution in [2.45, 2.75) is 57.8 Å². The number of ether oxygens (including phenoxy) is 1. The zero-order valence-electron chi connectivity index (χ0n) is 22.5. The van der Waals surface area contributed by atoms with E-state index >= 15 is 0 Å². The molecule has 0 spiro atoms. The van der Waals surface area contributed by atoms with Crippen LogP contribution in [0.1, 0.15) is 37.8 Å². The first-order valence-corrected chi connectivity index (χ1v) is 12.8. The van der Waals surface area contributed by atoms with Gasteiger partial charge in [0.1, 0.15) is 24.4 Å². The highest BCUT2D eigenvalue weighted by Gasteiger charge is 2.30. The van der Waals surface area contributed by atoms with Gasteiger partial charge in [0, 0.05) is 20.0 Å². The molecular weight excluding hydrogens is 504 g/mol. The van der Waals surface area contributed by atoms with E-state index in [1.54, 1.807) is 12.1 Å². The highest BCUT2D eigenvalue weighted by atomic mass is 16.5. The molecule has 11 heteroatoms. The summed E-state index contributed by atoms with van der Waals surface area (Å²) in [5, 5.41) is 29.9. The molecule has 0 saturated heterocycles. The summed E-state index contributed by atoms with van der Waals surface area (Å²) in [5.41, 5.74) is 1.55. The number of benzene rings is 2. The molecule has 0 saturated carbocycles. The van der Waals surface area contributed by atoms with Crippen LogP contribution in [0.15, 0.2) is 54.6 Å². The van der Waals surface area contributed by atoms with Crippen LogP contribution in [0.5, 0.6) is 5.75 Å². The van der Waals surface area contributed by atoms with Crippen molar-refractivity contribution in [2.75, 3.05) is 13.6 Å². The third-order valence-corrected chi connectivity index (χ3v) is 5.89. The van der Waals surface area contributed by atoms with Gasteiger partial charge >= 0.3 is 12.1 Å². The summed E-state index contributed by atoms with van der Waals surface area (Å²) in [5.74, 6) is -1.98. The molecule has 2 aromatic rings. The van der Waals surface area contributed by atoms with Crippen LogP contribution in [-0.2, 0) is 32.1 Å². The second-order valence-corrected chi connectivity index (χ2v) is 9.56. The SMILES string of the molecule is CNC(=O)[C@H](Cc1ccc(O)cc1)NC(=O)[C@H](CC(C)C)N[C@H](CCNC(=O)OCc1ccccc1)C(=O)O. The van der Waals surface area contributed by atoms with Crippen LogP contribution in [0.3, 0.4) is 0 Å². The van der Waals surface area contributed by atoms with E-state index < -0.39 is 42.0 Å². The van der Waals surface area contributed by atoms with E-state index in [2.05, 4.69) is 21.3 Å². The fourth-order valence-corrected chi connectivity index (χ4v) is 3.86. The molecule has 39 heavy (non-hydrogen) atoms. The van der Waals surface area contributed by atoms with Crippen molar-refractivity contribution in [2.24, 2.45) is 5.92 Å². The van der Waals surface area contributed by atoms with E-state index in [0.717, 1.165) is 11.1 Å². The summed E-state index contributed by atoms with van der Waals surface area (Å²) >= 11 is 0. The van der Waals surface area contributed by atoms with Gasteiger partial charge in [-0.1, -0.05) is 56.3 Å². The van der Waals surface area contributed by atoms with Crippen LogP contribution in [0, 0.1) is 5.92 Å². The number of rotatable bonds is 15. The summed E-state index contributed by atoms with van der Waals surface area (Å²) in [6, 6.07) is 12.5. The average Bonchev–Trinajstić information content (AvgIpc) is 2.91. The van der Waals surface area contributed by atoms with Crippen LogP contribution >= 0.6 is 0 Å². The molecule has 0 radical (unpaired) electrons. The lowest BCUT2D eigenvalue weighted by Crippen LogP contribution is -2.56. The zero-order chi connectivity index (χ0) is 28.8. The quantitative estimate of drug-likeness (QED) is 0.199. The maximum absolute atomic E-state index is 13.2. The average molecular weight is 543 g/mol. The number of alkyl carbamates (subject to hydrolysis) is 1. The van der Waals surface area contributed by atoms with E-state index in [9.17, 15) is 29.4 Å². The van der Waals surface area contributed by atoms with Gasteiger partial charge in [-0.3, -0.25) is 19.7 Å². The van der Waals surface area contributed by atoms with E-state index in [0.29, 0.717) is 6.42 Å². The highest BCUT2D eigenvalue weighted by molar-refractivity contribution is 5.90. The second kappa shape index (κ2) is 16.0. The second-order valence-electron chi connectivity index (χ2n) is 9.56. The first-order chi connectivity index (χ1) is 18.6. The molecule has 6 N–H and O–H groups in total. The number of carbonyl (C=O) groups is 4. The highest BCUT2D eigenvalue weighted by Crippen LogP contribution is 2.13. The van der Waals surface area contributed by atoms with Gasteiger partial charge < -0.3 is 30.9 Å². The van der Waals surface area contributed by atoms with Crippen molar-refractivity contribution in [1.29, 1.82) is 0 Å². The Balaban J connectivity index is 1.99. The van der Waals surface area contributed by atoms with Gasteiger partial charge in [0.15, 0.2) is 0 Å². The summed E-state index contributed by atoms with van der Waals surface area (Å²) in [6.07, 6.45) is -0.175. The number of carbonyl (C=O) groups excluding carboxylic acids is 3. The van der Waals surface area contributed by atoms with Crippen LogP contribution in [0.4, 0.5) is 4.79 Å². The standard InChI is InChI=1S/C28H38N4O7/c1-18(2)15-23(26(35)32-24(25(34)29-3)16-19-9-11-21(33)12-10-19)31-22(27(36)37)13-14-30-28(38)39-17-20-7-5-4-6-8-20/h4-12,18,22-24,31,33H,13-17H2,1-3H3,(H,29,34)(H,30,38)(H,32,35)(H,36,37)/t22-,23+,24+/m1/s1. The summed E-state index contributed by atoms with van der Waals surface area (Å²) < 4.78 is 5.14. The Morgan fingerprint density at radius 2 is 1.54 bits per heavy atom. The summed E-state index contributed by atoms with van der Waals surface area (Å²) in [7, 11) is 1.46. The first kappa shape index (κ1) is 31.1. The van der Waals surface area contributed by atoms with Crippen molar-refractivity contribution in [3.63, 3.8) is 0 Å². The summed E-state index contributed by atoms with van der Waals surface area (Å²) in [6.45, 7) is 3.89. The maximum Gasteiger partial charge on any atom is 0.407 e. The molecule has 11 nitrogen and oxygen atoms in total. The minimum Gasteiger partial charge on any atom is -0.508 e. The number of carboxylic acid groups (broad SMARTS) is 1. The van der Waals surface area contributed by atoms with Crippen molar-refractivity contribution in [3.8, 4) is 5.75 Å². The van der Waals surface area contributed by atoms with Crippen LogP contribution in [0.25, 0.3) is 0 Å². The number of phenolic OH excluding ortho intramolecular Hbond substituents is 1. The van der Waals surface area contributed by atoms with Gasteiger partial charge in [0.25, 0.3) is 0 Å². The molecular formula is C28H38N4O7. The van der Waals surface area contributed by atoms with Crippen LogP contribution in [-0.4, -0.2) is 65.8 Å². The first-order valence-electron chi connectivity index (χ1n) is 12.8. The summed E-state index contributed by atoms with van der Waals surface area (Å²) in [4.78, 5) is 49.7. The number of aromatic hydroxyl groups is 1. The number of carboxylic acids is 1. The van der Waals surface area contributed by atoms with Gasteiger partial charge in [0.05, 0.1) is 6.04 Å². The monoisotopic (exact) mass is 542 g/mol. The van der Waals surface area contributed by atoms with Crippen LogP contribution < -0.4 is 21.3 Å². The third-order valence-electron chi connectivity index (χ3n) is 5.89. The number of phenols is 1. The molecule has 0 aliphatic carbocycles. The molecule has 0 unspecified atom stereocenters. The predicted octanol–water partition coefficient (Wildman–Crippen LogP) is 1.94. The minimum absolute atomic E-state index is 0.00400. The lowest BCUT2D eigenvalue weighted by Gasteiger charge is -2.26. The normalized spacial score (nSPS) is 13.1. The molecule has 2 aromatic carbocycles. The van der Waals surface area contributed by atoms with E-state index in [4.69, 9.17) is 4.74 Å². The molecule has 0 heterocycles. The Labute approximate surface area is 228 Å². The van der Waals surface area contributed by atoms with E-state index in [1.165, 1.54) is 19.2 Å². The van der Waals surface area contributed by atoms with E-state index in [-0.39, 0.29) is 37.7 Å². The van der Waals surface area contributed by atoms with E-state index in [1.807, 2.05) is 44.2 Å². The number of amides is 3. The third kappa shape index (κ3) is 11.4.